The van der Waals surface area contributed by atoms with E-state index in [4.69, 9.17) is 19.9 Å². The van der Waals surface area contributed by atoms with Crippen molar-refractivity contribution < 1.29 is 0 Å². The Labute approximate surface area is 313 Å². The van der Waals surface area contributed by atoms with Crippen molar-refractivity contribution in [2.24, 2.45) is 0 Å². The highest BCUT2D eigenvalue weighted by molar-refractivity contribution is 6.19. The van der Waals surface area contributed by atoms with Crippen molar-refractivity contribution in [3.63, 3.8) is 0 Å². The van der Waals surface area contributed by atoms with Gasteiger partial charge < -0.3 is 4.57 Å². The standard InChI is InChI=1S/C48H27N7/c1-2-14-28(15-3-1)53-37-22-10-8-18-31(37)35-26-36-32-19-9-13-25-40(32)55(42(36)27-41(35)53)48-50-45-34-21-5-4-20-33(34)44-43(45)46(52-48)51-47(49-44)54-38-23-11-6-16-29(38)30-17-7-12-24-39(30)54/h1-27H. The molecule has 0 bridgehead atoms. The van der Waals surface area contributed by atoms with E-state index < -0.39 is 0 Å². The highest BCUT2D eigenvalue weighted by atomic mass is 15.2. The molecule has 0 radical (unpaired) electrons. The molecule has 0 aliphatic heterocycles. The lowest BCUT2D eigenvalue weighted by Crippen LogP contribution is -2.07. The minimum Gasteiger partial charge on any atom is -0.309 e. The number of rotatable bonds is 3. The summed E-state index contributed by atoms with van der Waals surface area (Å²) in [7, 11) is 0. The largest absolute Gasteiger partial charge is 0.309 e. The van der Waals surface area contributed by atoms with Crippen LogP contribution >= 0.6 is 0 Å². The molecule has 13 rings (SSSR count). The number of benzene rings is 7. The van der Waals surface area contributed by atoms with Crippen molar-refractivity contribution in [3.8, 4) is 40.1 Å². The number of nitrogens with zero attached hydrogens (tertiary/aromatic N) is 7. The predicted octanol–water partition coefficient (Wildman–Crippen LogP) is 11.4. The van der Waals surface area contributed by atoms with Crippen LogP contribution in [0.3, 0.4) is 0 Å². The summed E-state index contributed by atoms with van der Waals surface area (Å²) in [6.07, 6.45) is 0. The van der Waals surface area contributed by atoms with Crippen LogP contribution in [0.4, 0.5) is 0 Å². The van der Waals surface area contributed by atoms with Gasteiger partial charge in [-0.25, -0.2) is 9.97 Å². The van der Waals surface area contributed by atoms with E-state index in [1.807, 2.05) is 0 Å². The Morgan fingerprint density at radius 1 is 0.309 bits per heavy atom. The van der Waals surface area contributed by atoms with Gasteiger partial charge in [-0.2, -0.15) is 9.97 Å². The molecule has 0 spiro atoms. The Morgan fingerprint density at radius 2 is 0.709 bits per heavy atom. The Balaban J connectivity index is 1.15. The van der Waals surface area contributed by atoms with Crippen LogP contribution in [0.1, 0.15) is 0 Å². The van der Waals surface area contributed by atoms with Crippen LogP contribution in [-0.4, -0.2) is 33.6 Å². The zero-order valence-corrected chi connectivity index (χ0v) is 29.2. The fraction of sp³-hybridized carbons (Fsp3) is 0. The van der Waals surface area contributed by atoms with Gasteiger partial charge in [-0.3, -0.25) is 9.13 Å². The lowest BCUT2D eigenvalue weighted by Gasteiger charge is -2.11. The third-order valence-corrected chi connectivity index (χ3v) is 11.4. The van der Waals surface area contributed by atoms with Gasteiger partial charge in [0, 0.05) is 49.1 Å². The second-order valence-electron chi connectivity index (χ2n) is 14.3. The molecule has 55 heavy (non-hydrogen) atoms. The van der Waals surface area contributed by atoms with Crippen LogP contribution < -0.4 is 0 Å². The molecular weight excluding hydrogens is 675 g/mol. The summed E-state index contributed by atoms with van der Waals surface area (Å²) >= 11 is 0. The fourth-order valence-corrected chi connectivity index (χ4v) is 9.14. The average Bonchev–Trinajstić information content (AvgIpc) is 3.96. The summed E-state index contributed by atoms with van der Waals surface area (Å²) in [5, 5.41) is 7.91. The Bertz CT molecular complexity index is 3550. The molecule has 0 N–H and O–H groups in total. The number of aromatic nitrogens is 7. The molecule has 0 fully saturated rings. The van der Waals surface area contributed by atoms with Crippen molar-refractivity contribution in [2.45, 2.75) is 0 Å². The smallest absolute Gasteiger partial charge is 0.237 e. The maximum absolute atomic E-state index is 5.41. The third-order valence-electron chi connectivity index (χ3n) is 11.4. The van der Waals surface area contributed by atoms with E-state index in [2.05, 4.69) is 177 Å². The SMILES string of the molecule is c1ccc(-n2c3ccccc3c3cc4c5ccccc5n(-c5nc6c7c(nc(-n8c9ccccc9c9ccccc98)nc7n5)-c5ccccc5-6)c4cc32)cc1. The van der Waals surface area contributed by atoms with Crippen molar-refractivity contribution >= 4 is 76.5 Å². The Kier molecular flexibility index (Phi) is 5.51. The zero-order chi connectivity index (χ0) is 35.8. The number of fused-ring (bicyclic) bond motifs is 12. The topological polar surface area (TPSA) is 66.3 Å². The third kappa shape index (κ3) is 3.78. The molecule has 0 saturated carbocycles. The second-order valence-corrected chi connectivity index (χ2v) is 14.3. The van der Waals surface area contributed by atoms with Gasteiger partial charge >= 0.3 is 0 Å². The van der Waals surface area contributed by atoms with Crippen molar-refractivity contribution in [3.05, 3.63) is 164 Å². The maximum Gasteiger partial charge on any atom is 0.237 e. The fourth-order valence-electron chi connectivity index (χ4n) is 9.14. The summed E-state index contributed by atoms with van der Waals surface area (Å²) in [6.45, 7) is 0. The van der Waals surface area contributed by atoms with E-state index in [1.165, 1.54) is 16.3 Å². The molecule has 7 nitrogen and oxygen atoms in total. The first-order valence-corrected chi connectivity index (χ1v) is 18.5. The molecule has 0 saturated heterocycles. The van der Waals surface area contributed by atoms with Crippen LogP contribution in [-0.2, 0) is 0 Å². The van der Waals surface area contributed by atoms with Gasteiger partial charge in [-0.15, -0.1) is 0 Å². The zero-order valence-electron chi connectivity index (χ0n) is 29.2. The summed E-state index contributed by atoms with van der Waals surface area (Å²) in [4.78, 5) is 21.4. The van der Waals surface area contributed by atoms with E-state index in [0.29, 0.717) is 17.5 Å². The first-order chi connectivity index (χ1) is 27.3. The van der Waals surface area contributed by atoms with Crippen LogP contribution in [0.25, 0.3) is 117 Å². The van der Waals surface area contributed by atoms with E-state index >= 15 is 0 Å². The number of para-hydroxylation sites is 5. The molecule has 0 amide bonds. The van der Waals surface area contributed by atoms with Gasteiger partial charge in [0.25, 0.3) is 0 Å². The quantitative estimate of drug-likeness (QED) is 0.184. The predicted molar refractivity (Wildman–Crippen MR) is 223 cm³/mol. The molecule has 0 unspecified atom stereocenters. The van der Waals surface area contributed by atoms with Gasteiger partial charge in [0.2, 0.25) is 11.9 Å². The molecule has 5 aromatic heterocycles. The van der Waals surface area contributed by atoms with E-state index in [-0.39, 0.29) is 0 Å². The highest BCUT2D eigenvalue weighted by Crippen LogP contribution is 2.46. The molecule has 7 heteroatoms. The highest BCUT2D eigenvalue weighted by Gasteiger charge is 2.29. The minimum atomic E-state index is 0.574. The van der Waals surface area contributed by atoms with Crippen LogP contribution in [0, 0.1) is 0 Å². The summed E-state index contributed by atoms with van der Waals surface area (Å²) in [6, 6.07) is 57.8. The first-order valence-electron chi connectivity index (χ1n) is 18.5. The monoisotopic (exact) mass is 701 g/mol. The number of hydrogen-bond donors (Lipinski definition) is 0. The summed E-state index contributed by atoms with van der Waals surface area (Å²) < 4.78 is 6.75. The van der Waals surface area contributed by atoms with Crippen molar-refractivity contribution in [2.75, 3.05) is 0 Å². The van der Waals surface area contributed by atoms with E-state index in [1.54, 1.807) is 0 Å². The maximum atomic E-state index is 5.41. The molecule has 12 aromatic rings. The Morgan fingerprint density at radius 3 is 1.24 bits per heavy atom. The van der Waals surface area contributed by atoms with Crippen LogP contribution in [0.15, 0.2) is 164 Å². The van der Waals surface area contributed by atoms with Gasteiger partial charge in [0.1, 0.15) is 0 Å². The van der Waals surface area contributed by atoms with Gasteiger partial charge in [0.15, 0.2) is 5.65 Å². The molecule has 5 heterocycles. The van der Waals surface area contributed by atoms with Crippen molar-refractivity contribution in [1.82, 2.24) is 33.6 Å². The first kappa shape index (κ1) is 28.9. The molecule has 254 valence electrons. The summed E-state index contributed by atoms with van der Waals surface area (Å²) in [5.74, 6) is 1.16. The molecule has 1 aliphatic rings. The minimum absolute atomic E-state index is 0.574. The van der Waals surface area contributed by atoms with Gasteiger partial charge in [-0.1, -0.05) is 115 Å². The summed E-state index contributed by atoms with van der Waals surface area (Å²) in [5.41, 5.74) is 12.0. The van der Waals surface area contributed by atoms with E-state index in [9.17, 15) is 0 Å². The normalized spacial score (nSPS) is 12.4. The molecular formula is C48H27N7. The molecule has 1 aliphatic carbocycles. The molecule has 7 aromatic carbocycles. The molecule has 0 atom stereocenters. The number of hydrogen-bond acceptors (Lipinski definition) is 4. The van der Waals surface area contributed by atoms with E-state index in [0.717, 1.165) is 82.7 Å². The van der Waals surface area contributed by atoms with Gasteiger partial charge in [-0.05, 0) is 48.5 Å². The average molecular weight is 702 g/mol. The second kappa shape index (κ2) is 10.5. The van der Waals surface area contributed by atoms with Crippen LogP contribution in [0.2, 0.25) is 0 Å². The lowest BCUT2D eigenvalue weighted by atomic mass is 10.1. The van der Waals surface area contributed by atoms with Crippen molar-refractivity contribution in [1.29, 1.82) is 0 Å². The van der Waals surface area contributed by atoms with Crippen LogP contribution in [0.5, 0.6) is 0 Å². The Hall–Kier alpha value is -7.64. The lowest BCUT2D eigenvalue weighted by molar-refractivity contribution is 0.976. The van der Waals surface area contributed by atoms with Gasteiger partial charge in [0.05, 0.1) is 49.9 Å².